The van der Waals surface area contributed by atoms with Crippen LogP contribution in [0.25, 0.3) is 5.57 Å². The van der Waals surface area contributed by atoms with Crippen LogP contribution in [0.5, 0.6) is 0 Å². The first-order chi connectivity index (χ1) is 18.2. The Morgan fingerprint density at radius 1 is 1.45 bits per heavy atom. The maximum absolute atomic E-state index is 14.7. The summed E-state index contributed by atoms with van der Waals surface area (Å²) in [6.45, 7) is 3.14. The maximum atomic E-state index is 14.7. The molecule has 3 atom stereocenters. The summed E-state index contributed by atoms with van der Waals surface area (Å²) in [7, 11) is 0. The second-order valence-electron chi connectivity index (χ2n) is 8.47. The van der Waals surface area contributed by atoms with Crippen LogP contribution in [0.2, 0.25) is 5.02 Å². The molecule has 2 heterocycles. The van der Waals surface area contributed by atoms with E-state index in [0.717, 1.165) is 16.2 Å². The maximum Gasteiger partial charge on any atom is 0.313 e. The molecule has 2 unspecified atom stereocenters. The lowest BCUT2D eigenvalue weighted by atomic mass is 9.91. The highest BCUT2D eigenvalue weighted by Gasteiger charge is 2.30. The third-order valence-electron chi connectivity index (χ3n) is 5.80. The average molecular weight is 589 g/mol. The third-order valence-corrected chi connectivity index (χ3v) is 8.12. The second kappa shape index (κ2) is 16.4. The van der Waals surface area contributed by atoms with Gasteiger partial charge in [-0.2, -0.15) is 0 Å². The zero-order valence-corrected chi connectivity index (χ0v) is 23.2. The van der Waals surface area contributed by atoms with E-state index in [1.165, 1.54) is 41.6 Å². The number of aromatic nitrogens is 1. The Balaban J connectivity index is 0.00000161. The Kier molecular flexibility index (Phi) is 13.7. The molecule has 0 radical (unpaired) electrons. The fraction of sp³-hybridized carbons (Fsp3) is 0.440. The van der Waals surface area contributed by atoms with Gasteiger partial charge in [0, 0.05) is 41.8 Å². The van der Waals surface area contributed by atoms with Crippen LogP contribution < -0.4 is 5.73 Å². The highest BCUT2D eigenvalue weighted by Crippen LogP contribution is 2.39. The van der Waals surface area contributed by atoms with Crippen molar-refractivity contribution < 1.29 is 28.6 Å². The number of halogens is 3. The SMILES string of the molecule is CC/C(=C(\CN1CC(F)CC(CSCC(=O)O)C1)c1nccs1)[C@@H](N=CN)c1ccc(F)cc1Cl.O=CO. The number of rotatable bonds is 11. The first kappa shape index (κ1) is 31.7. The van der Waals surface area contributed by atoms with E-state index in [4.69, 9.17) is 32.3 Å². The number of likely N-dealkylation sites (tertiary alicyclic amines) is 1. The molecule has 8 nitrogen and oxygen atoms in total. The number of carbonyl (C=O) groups is 2. The summed E-state index contributed by atoms with van der Waals surface area (Å²) in [4.78, 5) is 30.3. The van der Waals surface area contributed by atoms with Crippen molar-refractivity contribution in [2.45, 2.75) is 32.0 Å². The smallest absolute Gasteiger partial charge is 0.313 e. The van der Waals surface area contributed by atoms with Crippen molar-refractivity contribution >= 4 is 59.1 Å². The van der Waals surface area contributed by atoms with Gasteiger partial charge in [0.1, 0.15) is 17.0 Å². The normalized spacial score (nSPS) is 19.4. The largest absolute Gasteiger partial charge is 0.483 e. The number of nitrogens with zero attached hydrogens (tertiary/aromatic N) is 3. The topological polar surface area (TPSA) is 129 Å². The van der Waals surface area contributed by atoms with Crippen LogP contribution >= 0.6 is 34.7 Å². The molecule has 1 saturated heterocycles. The molecule has 1 fully saturated rings. The van der Waals surface area contributed by atoms with Crippen molar-refractivity contribution in [3.63, 3.8) is 0 Å². The van der Waals surface area contributed by atoms with Gasteiger partial charge in [-0.3, -0.25) is 19.5 Å². The number of alkyl halides is 1. The van der Waals surface area contributed by atoms with Crippen LogP contribution in [0.15, 0.2) is 40.3 Å². The van der Waals surface area contributed by atoms with Gasteiger partial charge in [-0.15, -0.1) is 23.1 Å². The van der Waals surface area contributed by atoms with Crippen molar-refractivity contribution in [2.24, 2.45) is 16.6 Å². The summed E-state index contributed by atoms with van der Waals surface area (Å²) in [5.74, 6) is -0.659. The van der Waals surface area contributed by atoms with Crippen molar-refractivity contribution in [3.8, 4) is 0 Å². The van der Waals surface area contributed by atoms with Crippen LogP contribution in [-0.4, -0.2) is 76.2 Å². The van der Waals surface area contributed by atoms with Gasteiger partial charge in [-0.1, -0.05) is 24.6 Å². The zero-order valence-electron chi connectivity index (χ0n) is 20.8. The highest BCUT2D eigenvalue weighted by atomic mass is 35.5. The molecule has 0 amide bonds. The molecule has 1 aliphatic heterocycles. The number of aliphatic imine (C=N–C) groups is 1. The monoisotopic (exact) mass is 588 g/mol. The number of benzene rings is 1. The van der Waals surface area contributed by atoms with Crippen LogP contribution in [0.4, 0.5) is 8.78 Å². The van der Waals surface area contributed by atoms with Gasteiger partial charge in [0.15, 0.2) is 0 Å². The molecule has 4 N–H and O–H groups in total. The van der Waals surface area contributed by atoms with Crippen LogP contribution in [0, 0.1) is 11.7 Å². The van der Waals surface area contributed by atoms with Crippen molar-refractivity contribution in [3.05, 3.63) is 56.8 Å². The number of carboxylic acid groups (broad SMARTS) is 2. The predicted octanol–water partition coefficient (Wildman–Crippen LogP) is 5.01. The van der Waals surface area contributed by atoms with Crippen LogP contribution in [0.3, 0.4) is 0 Å². The van der Waals surface area contributed by atoms with E-state index >= 15 is 0 Å². The molecule has 2 aromatic rings. The summed E-state index contributed by atoms with van der Waals surface area (Å²) in [5.41, 5.74) is 8.17. The number of hydrogen-bond acceptors (Lipinski definition) is 7. The lowest BCUT2D eigenvalue weighted by Crippen LogP contribution is -2.43. The number of thiazole rings is 1. The minimum atomic E-state index is -0.994. The van der Waals surface area contributed by atoms with Gasteiger partial charge >= 0.3 is 5.97 Å². The average Bonchev–Trinajstić information content (AvgIpc) is 3.38. The van der Waals surface area contributed by atoms with E-state index in [1.54, 1.807) is 12.3 Å². The Morgan fingerprint density at radius 2 is 2.18 bits per heavy atom. The van der Waals surface area contributed by atoms with Crippen LogP contribution in [-0.2, 0) is 9.59 Å². The number of nitrogens with two attached hydrogens (primary N) is 1. The van der Waals surface area contributed by atoms with Gasteiger partial charge in [0.25, 0.3) is 6.47 Å². The lowest BCUT2D eigenvalue weighted by Gasteiger charge is -2.35. The fourth-order valence-electron chi connectivity index (χ4n) is 4.44. The molecule has 0 bridgehead atoms. The van der Waals surface area contributed by atoms with Gasteiger partial charge in [-0.05, 0) is 47.8 Å². The van der Waals surface area contributed by atoms with E-state index in [9.17, 15) is 13.6 Å². The van der Waals surface area contributed by atoms with Gasteiger partial charge in [0.05, 0.1) is 18.1 Å². The summed E-state index contributed by atoms with van der Waals surface area (Å²) in [6, 6.07) is 3.67. The quantitative estimate of drug-likeness (QED) is 0.190. The van der Waals surface area contributed by atoms with E-state index < -0.39 is 24.0 Å². The molecule has 0 spiro atoms. The minimum Gasteiger partial charge on any atom is -0.483 e. The number of piperidine rings is 1. The minimum absolute atomic E-state index is 0.00883. The molecule has 3 rings (SSSR count). The predicted molar refractivity (Wildman–Crippen MR) is 149 cm³/mol. The Morgan fingerprint density at radius 3 is 2.76 bits per heavy atom. The van der Waals surface area contributed by atoms with E-state index in [1.807, 2.05) is 12.3 Å². The van der Waals surface area contributed by atoms with Crippen molar-refractivity contribution in [1.82, 2.24) is 9.88 Å². The van der Waals surface area contributed by atoms with Crippen molar-refractivity contribution in [2.75, 3.05) is 31.1 Å². The highest BCUT2D eigenvalue weighted by molar-refractivity contribution is 7.99. The fourth-order valence-corrected chi connectivity index (χ4v) is 6.28. The van der Waals surface area contributed by atoms with E-state index in [-0.39, 0.29) is 29.7 Å². The Bertz CT molecular complexity index is 1110. The lowest BCUT2D eigenvalue weighted by molar-refractivity contribution is -0.134. The van der Waals surface area contributed by atoms with Gasteiger partial charge in [-0.25, -0.2) is 13.8 Å². The number of carboxylic acids is 1. The summed E-state index contributed by atoms with van der Waals surface area (Å²) < 4.78 is 28.4. The Hall–Kier alpha value is -2.54. The Labute approximate surface area is 233 Å². The van der Waals surface area contributed by atoms with Gasteiger partial charge < -0.3 is 15.9 Å². The molecule has 0 saturated carbocycles. The molecular formula is C25H31ClF2N4O4S2. The summed E-state index contributed by atoms with van der Waals surface area (Å²) in [5, 5.41) is 18.7. The van der Waals surface area contributed by atoms with Crippen LogP contribution in [0.1, 0.15) is 36.4 Å². The third kappa shape index (κ3) is 9.64. The van der Waals surface area contributed by atoms with E-state index in [0.29, 0.717) is 37.2 Å². The first-order valence-corrected chi connectivity index (χ1v) is 14.2. The summed E-state index contributed by atoms with van der Waals surface area (Å²) >= 11 is 9.20. The van der Waals surface area contributed by atoms with Crippen molar-refractivity contribution in [1.29, 1.82) is 0 Å². The number of aliphatic carboxylic acids is 1. The molecule has 38 heavy (non-hydrogen) atoms. The number of thioether (sulfide) groups is 1. The standard InChI is InChI=1S/C24H29ClF2N4O2S2.CH2O2/c1-2-18(23(30-14-28)19-4-3-16(26)8-21(19)25)20(24-29-5-6-35-24)11-31-9-15(7-17(27)10-31)12-34-13-22(32)33;2-1-3/h3-6,8,14-15,17,23H,2,7,9-13H2,1H3,(H2,28,30)(H,32,33);1H,(H,2,3)/b20-18-;/t15?,17?,23-;/m1./s1. The van der Waals surface area contributed by atoms with E-state index in [2.05, 4.69) is 14.9 Å². The molecule has 13 heteroatoms. The second-order valence-corrected chi connectivity index (χ2v) is 10.8. The molecule has 1 aliphatic rings. The van der Waals surface area contributed by atoms with Gasteiger partial charge in [0.2, 0.25) is 0 Å². The first-order valence-electron chi connectivity index (χ1n) is 11.8. The molecule has 0 aliphatic carbocycles. The molecule has 1 aromatic heterocycles. The zero-order chi connectivity index (χ0) is 28.1. The molecule has 208 valence electrons. The number of hydrogen-bond donors (Lipinski definition) is 3. The summed E-state index contributed by atoms with van der Waals surface area (Å²) in [6.07, 6.45) is 2.97. The molecule has 1 aromatic carbocycles. The molecular weight excluding hydrogens is 558 g/mol.